The monoisotopic (exact) mass is 313 g/mol. The second kappa shape index (κ2) is 6.44. The molecule has 23 heavy (non-hydrogen) atoms. The molecule has 0 radical (unpaired) electrons. The topological polar surface area (TPSA) is 56.3 Å². The summed E-state index contributed by atoms with van der Waals surface area (Å²) in [5.41, 5.74) is 3.32. The van der Waals surface area contributed by atoms with E-state index in [9.17, 15) is 0 Å². The minimum atomic E-state index is 0.231. The van der Waals surface area contributed by atoms with E-state index in [0.29, 0.717) is 6.54 Å². The average Bonchev–Trinajstić information content (AvgIpc) is 2.90. The van der Waals surface area contributed by atoms with E-state index in [1.54, 1.807) is 7.11 Å². The van der Waals surface area contributed by atoms with Crippen molar-refractivity contribution >= 4 is 5.82 Å². The van der Waals surface area contributed by atoms with Crippen molar-refractivity contribution in [1.82, 2.24) is 9.97 Å². The molecule has 0 amide bonds. The third kappa shape index (κ3) is 3.38. The van der Waals surface area contributed by atoms with Gasteiger partial charge in [-0.05, 0) is 32.4 Å². The molecule has 5 nitrogen and oxygen atoms in total. The first-order valence-electron chi connectivity index (χ1n) is 8.04. The first-order valence-corrected chi connectivity index (χ1v) is 8.04. The number of methoxy groups -OCH3 is 1. The standard InChI is InChI=1S/C18H23N3O2/c1-5-15-9-18(21-12(3)20-15)19-10-14-8-17-13(6-11(2)23-17)7-16(14)22-4/h7-9,11H,5-6,10H2,1-4H3,(H,19,20,21). The molecule has 3 rings (SSSR count). The molecule has 0 spiro atoms. The second-order valence-electron chi connectivity index (χ2n) is 5.90. The first-order chi connectivity index (χ1) is 11.1. The number of aromatic nitrogens is 2. The van der Waals surface area contributed by atoms with E-state index in [1.807, 2.05) is 13.0 Å². The Morgan fingerprint density at radius 3 is 2.87 bits per heavy atom. The predicted octanol–water partition coefficient (Wildman–Crippen LogP) is 3.29. The molecule has 0 aliphatic carbocycles. The van der Waals surface area contributed by atoms with E-state index in [0.717, 1.165) is 47.2 Å². The summed E-state index contributed by atoms with van der Waals surface area (Å²) in [6.07, 6.45) is 2.06. The molecule has 2 heterocycles. The second-order valence-corrected chi connectivity index (χ2v) is 5.90. The Morgan fingerprint density at radius 2 is 2.13 bits per heavy atom. The van der Waals surface area contributed by atoms with Gasteiger partial charge >= 0.3 is 0 Å². The molecule has 1 aromatic heterocycles. The SMILES string of the molecule is CCc1cc(NCc2cc3c(cc2OC)CC(C)O3)nc(C)n1. The molecule has 1 aromatic carbocycles. The third-order valence-electron chi connectivity index (χ3n) is 4.01. The molecular weight excluding hydrogens is 290 g/mol. The van der Waals surface area contributed by atoms with Gasteiger partial charge in [0.25, 0.3) is 0 Å². The van der Waals surface area contributed by atoms with Crippen molar-refractivity contribution in [2.45, 2.75) is 46.3 Å². The minimum absolute atomic E-state index is 0.231. The van der Waals surface area contributed by atoms with Crippen LogP contribution < -0.4 is 14.8 Å². The van der Waals surface area contributed by atoms with Crippen molar-refractivity contribution in [3.05, 3.63) is 40.8 Å². The maximum atomic E-state index is 5.85. The molecule has 1 aliphatic rings. The van der Waals surface area contributed by atoms with Gasteiger partial charge in [-0.2, -0.15) is 0 Å². The summed E-state index contributed by atoms with van der Waals surface area (Å²) < 4.78 is 11.4. The van der Waals surface area contributed by atoms with Gasteiger partial charge in [-0.1, -0.05) is 6.92 Å². The van der Waals surface area contributed by atoms with E-state index < -0.39 is 0 Å². The lowest BCUT2D eigenvalue weighted by molar-refractivity contribution is 0.254. The van der Waals surface area contributed by atoms with Crippen LogP contribution in [0.5, 0.6) is 11.5 Å². The summed E-state index contributed by atoms with van der Waals surface area (Å²) in [7, 11) is 1.70. The minimum Gasteiger partial charge on any atom is -0.496 e. The largest absolute Gasteiger partial charge is 0.496 e. The fraction of sp³-hybridized carbons (Fsp3) is 0.444. The number of nitrogens with zero attached hydrogens (tertiary/aromatic N) is 2. The van der Waals surface area contributed by atoms with Crippen LogP contribution in [0.1, 0.15) is 36.5 Å². The first kappa shape index (κ1) is 15.6. The highest BCUT2D eigenvalue weighted by molar-refractivity contribution is 5.50. The molecular formula is C18H23N3O2. The Hall–Kier alpha value is -2.30. The number of nitrogens with one attached hydrogen (secondary N) is 1. The molecule has 1 aliphatic heterocycles. The van der Waals surface area contributed by atoms with Gasteiger partial charge in [0.05, 0.1) is 7.11 Å². The Labute approximate surface area is 137 Å². The number of benzene rings is 1. The zero-order valence-corrected chi connectivity index (χ0v) is 14.1. The lowest BCUT2D eigenvalue weighted by Gasteiger charge is -2.13. The number of fused-ring (bicyclic) bond motifs is 1. The molecule has 2 aromatic rings. The Morgan fingerprint density at radius 1 is 1.30 bits per heavy atom. The number of anilines is 1. The molecule has 0 saturated carbocycles. The highest BCUT2D eigenvalue weighted by atomic mass is 16.5. The van der Waals surface area contributed by atoms with Crippen molar-refractivity contribution < 1.29 is 9.47 Å². The van der Waals surface area contributed by atoms with Crippen LogP contribution >= 0.6 is 0 Å². The van der Waals surface area contributed by atoms with Gasteiger partial charge in [-0.25, -0.2) is 9.97 Å². The number of rotatable bonds is 5. The lowest BCUT2D eigenvalue weighted by Crippen LogP contribution is -2.06. The van der Waals surface area contributed by atoms with Gasteiger partial charge in [-0.3, -0.25) is 0 Å². The van der Waals surface area contributed by atoms with Crippen LogP contribution in [0.3, 0.4) is 0 Å². The summed E-state index contributed by atoms with van der Waals surface area (Å²) >= 11 is 0. The van der Waals surface area contributed by atoms with Crippen molar-refractivity contribution in [2.75, 3.05) is 12.4 Å². The molecule has 122 valence electrons. The highest BCUT2D eigenvalue weighted by Crippen LogP contribution is 2.35. The van der Waals surface area contributed by atoms with Crippen molar-refractivity contribution in [3.8, 4) is 11.5 Å². The fourth-order valence-corrected chi connectivity index (χ4v) is 2.90. The van der Waals surface area contributed by atoms with E-state index in [1.165, 1.54) is 5.56 Å². The van der Waals surface area contributed by atoms with Crippen LogP contribution in [0.25, 0.3) is 0 Å². The molecule has 0 saturated heterocycles. The Bertz CT molecular complexity index is 716. The molecule has 1 unspecified atom stereocenters. The quantitative estimate of drug-likeness (QED) is 0.918. The van der Waals surface area contributed by atoms with Crippen molar-refractivity contribution in [2.24, 2.45) is 0 Å². The molecule has 0 bridgehead atoms. The van der Waals surface area contributed by atoms with Crippen LogP contribution in [0, 0.1) is 6.92 Å². The zero-order chi connectivity index (χ0) is 16.4. The normalized spacial score (nSPS) is 15.9. The van der Waals surface area contributed by atoms with Crippen LogP contribution in [0.2, 0.25) is 0 Å². The highest BCUT2D eigenvalue weighted by Gasteiger charge is 2.21. The van der Waals surface area contributed by atoms with Crippen LogP contribution in [0.15, 0.2) is 18.2 Å². The van der Waals surface area contributed by atoms with Gasteiger partial charge in [0.15, 0.2) is 0 Å². The van der Waals surface area contributed by atoms with Crippen LogP contribution in [-0.2, 0) is 19.4 Å². The van der Waals surface area contributed by atoms with E-state index in [-0.39, 0.29) is 6.10 Å². The van der Waals surface area contributed by atoms with Gasteiger partial charge in [0, 0.05) is 35.9 Å². The average molecular weight is 313 g/mol. The summed E-state index contributed by atoms with van der Waals surface area (Å²) in [5, 5.41) is 3.37. The van der Waals surface area contributed by atoms with Gasteiger partial charge in [0.2, 0.25) is 0 Å². The van der Waals surface area contributed by atoms with Gasteiger partial charge in [0.1, 0.15) is 29.2 Å². The molecule has 1 N–H and O–H groups in total. The number of ether oxygens (including phenoxy) is 2. The molecule has 1 atom stereocenters. The Balaban J connectivity index is 1.80. The number of hydrogen-bond donors (Lipinski definition) is 1. The van der Waals surface area contributed by atoms with Gasteiger partial charge in [-0.15, -0.1) is 0 Å². The molecule has 0 fully saturated rings. The number of aryl methyl sites for hydroxylation is 2. The van der Waals surface area contributed by atoms with Crippen molar-refractivity contribution in [3.63, 3.8) is 0 Å². The molecule has 5 heteroatoms. The van der Waals surface area contributed by atoms with E-state index >= 15 is 0 Å². The number of hydrogen-bond acceptors (Lipinski definition) is 5. The summed E-state index contributed by atoms with van der Waals surface area (Å²) in [6.45, 7) is 6.72. The maximum Gasteiger partial charge on any atom is 0.130 e. The van der Waals surface area contributed by atoms with E-state index in [4.69, 9.17) is 9.47 Å². The van der Waals surface area contributed by atoms with Crippen molar-refractivity contribution in [1.29, 1.82) is 0 Å². The Kier molecular flexibility index (Phi) is 4.37. The summed E-state index contributed by atoms with van der Waals surface area (Å²) in [6, 6.07) is 6.14. The smallest absolute Gasteiger partial charge is 0.130 e. The zero-order valence-electron chi connectivity index (χ0n) is 14.1. The van der Waals surface area contributed by atoms with Crippen LogP contribution in [0.4, 0.5) is 5.82 Å². The summed E-state index contributed by atoms with van der Waals surface area (Å²) in [5.74, 6) is 3.47. The van der Waals surface area contributed by atoms with Gasteiger partial charge < -0.3 is 14.8 Å². The summed E-state index contributed by atoms with van der Waals surface area (Å²) in [4.78, 5) is 8.84. The third-order valence-corrected chi connectivity index (χ3v) is 4.01. The maximum absolute atomic E-state index is 5.85. The predicted molar refractivity (Wildman–Crippen MR) is 90.3 cm³/mol. The fourth-order valence-electron chi connectivity index (χ4n) is 2.90. The lowest BCUT2D eigenvalue weighted by atomic mass is 10.1. The van der Waals surface area contributed by atoms with E-state index in [2.05, 4.69) is 41.3 Å². The van der Waals surface area contributed by atoms with Crippen LogP contribution in [-0.4, -0.2) is 23.2 Å².